The van der Waals surface area contributed by atoms with Crippen LogP contribution < -0.4 is 5.32 Å². The molecule has 1 fully saturated rings. The van der Waals surface area contributed by atoms with Crippen molar-refractivity contribution < 1.29 is 18.4 Å². The lowest BCUT2D eigenvalue weighted by Gasteiger charge is -2.33. The molecule has 0 radical (unpaired) electrons. The molecule has 1 saturated heterocycles. The second-order valence-corrected chi connectivity index (χ2v) is 9.87. The van der Waals surface area contributed by atoms with Crippen molar-refractivity contribution in [2.75, 3.05) is 40.3 Å². The lowest BCUT2D eigenvalue weighted by molar-refractivity contribution is -0.135. The van der Waals surface area contributed by atoms with E-state index in [1.807, 2.05) is 14.1 Å². The number of rotatable bonds is 9. The number of hydrogen-bond acceptors (Lipinski definition) is 5. The number of aromatic nitrogens is 1. The molecule has 1 N–H and O–H groups in total. The second kappa shape index (κ2) is 10.9. The quantitative estimate of drug-likeness (QED) is 0.624. The SMILES string of the molecule is CN(C)CC(C)(C)CNC(=O)C1CCN(C(=O)CCc2ncc(-c3ccccc3F)o2)CC1. The van der Waals surface area contributed by atoms with Gasteiger partial charge in [0.25, 0.3) is 0 Å². The van der Waals surface area contributed by atoms with E-state index in [1.54, 1.807) is 23.1 Å². The Bertz CT molecular complexity index is 949. The Labute approximate surface area is 195 Å². The normalized spacial score (nSPS) is 15.2. The molecule has 2 amide bonds. The molecule has 8 heteroatoms. The third-order valence-corrected chi connectivity index (χ3v) is 5.95. The van der Waals surface area contributed by atoms with E-state index in [4.69, 9.17) is 4.42 Å². The van der Waals surface area contributed by atoms with Crippen molar-refractivity contribution in [2.45, 2.75) is 39.5 Å². The number of amides is 2. The first-order chi connectivity index (χ1) is 15.6. The molecule has 2 heterocycles. The number of carbonyl (C=O) groups is 2. The van der Waals surface area contributed by atoms with Crippen LogP contribution in [0.3, 0.4) is 0 Å². The number of nitrogens with one attached hydrogen (secondary N) is 1. The van der Waals surface area contributed by atoms with Gasteiger partial charge in [-0.15, -0.1) is 0 Å². The van der Waals surface area contributed by atoms with Gasteiger partial charge in [-0.1, -0.05) is 26.0 Å². The Hall–Kier alpha value is -2.74. The summed E-state index contributed by atoms with van der Waals surface area (Å²) in [6.07, 6.45) is 3.45. The lowest BCUT2D eigenvalue weighted by Crippen LogP contribution is -2.46. The van der Waals surface area contributed by atoms with Crippen LogP contribution in [0.5, 0.6) is 0 Å². The Morgan fingerprint density at radius 1 is 1.24 bits per heavy atom. The van der Waals surface area contributed by atoms with Crippen LogP contribution in [0.25, 0.3) is 11.3 Å². The minimum Gasteiger partial charge on any atom is -0.441 e. The highest BCUT2D eigenvalue weighted by molar-refractivity contribution is 5.80. The predicted octanol–water partition coefficient (Wildman–Crippen LogP) is 3.36. The Balaban J connectivity index is 1.42. The predicted molar refractivity (Wildman–Crippen MR) is 125 cm³/mol. The summed E-state index contributed by atoms with van der Waals surface area (Å²) in [5, 5.41) is 3.09. The fourth-order valence-corrected chi connectivity index (χ4v) is 4.36. The molecule has 1 aromatic heterocycles. The molecule has 2 aromatic rings. The van der Waals surface area contributed by atoms with E-state index in [0.29, 0.717) is 56.1 Å². The zero-order valence-electron chi connectivity index (χ0n) is 20.1. The van der Waals surface area contributed by atoms with Crippen molar-refractivity contribution in [3.05, 3.63) is 42.2 Å². The Morgan fingerprint density at radius 2 is 1.94 bits per heavy atom. The molecule has 1 aromatic carbocycles. The smallest absolute Gasteiger partial charge is 0.223 e. The van der Waals surface area contributed by atoms with Gasteiger partial charge in [0, 0.05) is 44.9 Å². The molecule has 0 atom stereocenters. The van der Waals surface area contributed by atoms with E-state index >= 15 is 0 Å². The number of benzene rings is 1. The van der Waals surface area contributed by atoms with E-state index in [-0.39, 0.29) is 35.4 Å². The van der Waals surface area contributed by atoms with Crippen LogP contribution in [-0.4, -0.2) is 66.9 Å². The number of oxazole rings is 1. The molecular formula is C25H35FN4O3. The van der Waals surface area contributed by atoms with Gasteiger partial charge in [0.05, 0.1) is 11.8 Å². The van der Waals surface area contributed by atoms with Crippen molar-refractivity contribution in [3.63, 3.8) is 0 Å². The minimum absolute atomic E-state index is 0.00185. The van der Waals surface area contributed by atoms with Gasteiger partial charge < -0.3 is 19.5 Å². The Kier molecular flexibility index (Phi) is 8.24. The summed E-state index contributed by atoms with van der Waals surface area (Å²) in [6.45, 7) is 6.96. The van der Waals surface area contributed by atoms with Crippen LogP contribution in [-0.2, 0) is 16.0 Å². The van der Waals surface area contributed by atoms with Gasteiger partial charge in [0.15, 0.2) is 11.7 Å². The topological polar surface area (TPSA) is 78.7 Å². The van der Waals surface area contributed by atoms with Crippen LogP contribution in [0, 0.1) is 17.2 Å². The van der Waals surface area contributed by atoms with Crippen LogP contribution in [0.15, 0.2) is 34.9 Å². The first kappa shape index (κ1) is 24.9. The number of hydrogen-bond donors (Lipinski definition) is 1. The van der Waals surface area contributed by atoms with Gasteiger partial charge in [0.2, 0.25) is 11.8 Å². The molecule has 180 valence electrons. The van der Waals surface area contributed by atoms with Crippen LogP contribution in [0.4, 0.5) is 4.39 Å². The number of carbonyl (C=O) groups excluding carboxylic acids is 2. The van der Waals surface area contributed by atoms with E-state index in [0.717, 1.165) is 6.54 Å². The number of nitrogens with zero attached hydrogens (tertiary/aromatic N) is 3. The number of likely N-dealkylation sites (tertiary alicyclic amines) is 1. The monoisotopic (exact) mass is 458 g/mol. The highest BCUT2D eigenvalue weighted by atomic mass is 19.1. The summed E-state index contributed by atoms with van der Waals surface area (Å²) in [6, 6.07) is 6.36. The summed E-state index contributed by atoms with van der Waals surface area (Å²) in [7, 11) is 4.06. The fraction of sp³-hybridized carbons (Fsp3) is 0.560. The highest BCUT2D eigenvalue weighted by Crippen LogP contribution is 2.24. The van der Waals surface area contributed by atoms with Gasteiger partial charge >= 0.3 is 0 Å². The van der Waals surface area contributed by atoms with E-state index in [9.17, 15) is 14.0 Å². The molecular weight excluding hydrogens is 423 g/mol. The third kappa shape index (κ3) is 7.12. The van der Waals surface area contributed by atoms with Crippen molar-refractivity contribution in [1.29, 1.82) is 0 Å². The van der Waals surface area contributed by atoms with Gasteiger partial charge in [0.1, 0.15) is 5.82 Å². The fourth-order valence-electron chi connectivity index (χ4n) is 4.36. The van der Waals surface area contributed by atoms with Gasteiger partial charge in [-0.25, -0.2) is 9.37 Å². The maximum absolute atomic E-state index is 13.9. The first-order valence-electron chi connectivity index (χ1n) is 11.5. The first-order valence-corrected chi connectivity index (χ1v) is 11.5. The summed E-state index contributed by atoms with van der Waals surface area (Å²) < 4.78 is 19.5. The summed E-state index contributed by atoms with van der Waals surface area (Å²) in [5.74, 6) is 0.442. The minimum atomic E-state index is -0.371. The van der Waals surface area contributed by atoms with E-state index in [2.05, 4.69) is 29.0 Å². The molecule has 0 unspecified atom stereocenters. The average Bonchev–Trinajstić information content (AvgIpc) is 3.24. The van der Waals surface area contributed by atoms with Crippen molar-refractivity contribution in [1.82, 2.24) is 20.1 Å². The maximum atomic E-state index is 13.9. The number of piperidine rings is 1. The van der Waals surface area contributed by atoms with E-state index < -0.39 is 0 Å². The van der Waals surface area contributed by atoms with Crippen LogP contribution in [0.1, 0.15) is 39.0 Å². The van der Waals surface area contributed by atoms with Crippen LogP contribution >= 0.6 is 0 Å². The molecule has 7 nitrogen and oxygen atoms in total. The number of aryl methyl sites for hydroxylation is 1. The van der Waals surface area contributed by atoms with Crippen LogP contribution in [0.2, 0.25) is 0 Å². The zero-order chi connectivity index (χ0) is 24.0. The molecule has 3 rings (SSSR count). The molecule has 1 aliphatic heterocycles. The summed E-state index contributed by atoms with van der Waals surface area (Å²) >= 11 is 0. The van der Waals surface area contributed by atoms with Crippen molar-refractivity contribution in [3.8, 4) is 11.3 Å². The molecule has 1 aliphatic rings. The molecule has 0 saturated carbocycles. The zero-order valence-corrected chi connectivity index (χ0v) is 20.1. The van der Waals surface area contributed by atoms with Gasteiger partial charge in [-0.2, -0.15) is 0 Å². The summed E-state index contributed by atoms with van der Waals surface area (Å²) in [4.78, 5) is 33.3. The number of halogens is 1. The van der Waals surface area contributed by atoms with Crippen molar-refractivity contribution in [2.24, 2.45) is 11.3 Å². The molecule has 0 aliphatic carbocycles. The van der Waals surface area contributed by atoms with Gasteiger partial charge in [-0.3, -0.25) is 9.59 Å². The largest absolute Gasteiger partial charge is 0.441 e. The lowest BCUT2D eigenvalue weighted by atomic mass is 9.91. The maximum Gasteiger partial charge on any atom is 0.223 e. The second-order valence-electron chi connectivity index (χ2n) is 9.87. The highest BCUT2D eigenvalue weighted by Gasteiger charge is 2.28. The van der Waals surface area contributed by atoms with Crippen molar-refractivity contribution >= 4 is 11.8 Å². The standard InChI is InChI=1S/C25H35FN4O3/c1-25(2,17-29(3)4)16-28-24(32)18-11-13-30(14-12-18)23(31)10-9-22-27-15-21(33-22)19-7-5-6-8-20(19)26/h5-8,15,18H,9-14,16-17H2,1-4H3,(H,28,32). The molecule has 0 spiro atoms. The van der Waals surface area contributed by atoms with Gasteiger partial charge in [-0.05, 0) is 44.5 Å². The average molecular weight is 459 g/mol. The molecule has 33 heavy (non-hydrogen) atoms. The van der Waals surface area contributed by atoms with E-state index in [1.165, 1.54) is 12.3 Å². The Morgan fingerprint density at radius 3 is 2.61 bits per heavy atom. The third-order valence-electron chi connectivity index (χ3n) is 5.95. The molecule has 0 bridgehead atoms. The summed E-state index contributed by atoms with van der Waals surface area (Å²) in [5.41, 5.74) is 0.357.